The number of fused-ring (bicyclic) bond motifs is 2. The lowest BCUT2D eigenvalue weighted by Crippen LogP contribution is -2.11. The molecule has 49 heavy (non-hydrogen) atoms. The van der Waals surface area contributed by atoms with Crippen LogP contribution < -0.4 is 0 Å². The third kappa shape index (κ3) is 7.14. The van der Waals surface area contributed by atoms with Crippen molar-refractivity contribution in [1.82, 2.24) is 0 Å². The molecular formula is C46H50Cl2Si. The van der Waals surface area contributed by atoms with Gasteiger partial charge in [0.15, 0.2) is 0 Å². The van der Waals surface area contributed by atoms with Crippen LogP contribution in [-0.2, 0) is 35.8 Å². The molecule has 0 saturated heterocycles. The Morgan fingerprint density at radius 2 is 0.837 bits per heavy atom. The van der Waals surface area contributed by atoms with Crippen molar-refractivity contribution >= 4 is 32.7 Å². The van der Waals surface area contributed by atoms with Gasteiger partial charge in [-0.1, -0.05) is 164 Å². The summed E-state index contributed by atoms with van der Waals surface area (Å²) in [7, 11) is -0.455. The Hall–Kier alpha value is -3.36. The van der Waals surface area contributed by atoms with Crippen molar-refractivity contribution < 1.29 is 0 Å². The molecule has 3 heteroatoms. The van der Waals surface area contributed by atoms with Gasteiger partial charge >= 0.3 is 0 Å². The van der Waals surface area contributed by atoms with E-state index >= 15 is 0 Å². The van der Waals surface area contributed by atoms with Gasteiger partial charge in [0.25, 0.3) is 0 Å². The summed E-state index contributed by atoms with van der Waals surface area (Å²) in [6, 6.07) is 38.5. The minimum atomic E-state index is -0.455. The van der Waals surface area contributed by atoms with E-state index in [1.54, 1.807) is 11.1 Å². The number of rotatable bonds is 8. The minimum Gasteiger partial charge on any atom is -0.0840 e. The molecule has 0 heterocycles. The molecule has 0 unspecified atom stereocenters. The maximum absolute atomic E-state index is 6.88. The smallest absolute Gasteiger partial charge is 0.0449 e. The van der Waals surface area contributed by atoms with Gasteiger partial charge in [-0.15, -0.1) is 0 Å². The van der Waals surface area contributed by atoms with Crippen molar-refractivity contribution in [1.29, 1.82) is 0 Å². The van der Waals surface area contributed by atoms with E-state index in [4.69, 9.17) is 23.2 Å². The molecule has 0 spiro atoms. The highest BCUT2D eigenvalue weighted by molar-refractivity contribution is 6.35. The molecule has 0 nitrogen and oxygen atoms in total. The lowest BCUT2D eigenvalue weighted by Gasteiger charge is -2.21. The summed E-state index contributed by atoms with van der Waals surface area (Å²) in [6.07, 6.45) is 2.08. The Kier molecular flexibility index (Phi) is 10.2. The minimum absolute atomic E-state index is 0.00875. The van der Waals surface area contributed by atoms with E-state index in [0.717, 1.165) is 22.9 Å². The first-order chi connectivity index (χ1) is 23.3. The maximum atomic E-state index is 6.88. The second kappa shape index (κ2) is 14.1. The normalized spacial score (nSPS) is 12.3. The lowest BCUT2D eigenvalue weighted by molar-refractivity contribution is 0.590. The fourth-order valence-corrected chi connectivity index (χ4v) is 10.7. The lowest BCUT2D eigenvalue weighted by atomic mass is 9.86. The van der Waals surface area contributed by atoms with Crippen molar-refractivity contribution in [2.75, 3.05) is 0 Å². The highest BCUT2D eigenvalue weighted by Crippen LogP contribution is 2.43. The van der Waals surface area contributed by atoms with Gasteiger partial charge in [0.2, 0.25) is 0 Å². The standard InChI is InChI=1S/C46H50Cl2Si/c1-9-29-23-37-33(31-19-21-41(43(47)25-31)45(3,4)5)15-11-13-17-35(37)39(29)27-49-28-40-30(10-2)24-38-34(16-12-14-18-36(38)40)32-20-22-42(44(48)26-32)46(6,7)8/h11-26H,9-10,27-28,49H2,1-8H3. The van der Waals surface area contributed by atoms with E-state index in [0.29, 0.717) is 0 Å². The number of benzene rings is 2. The molecule has 2 aromatic rings. The Bertz CT molecular complexity index is 1910. The molecular weight excluding hydrogens is 651 g/mol. The zero-order valence-electron chi connectivity index (χ0n) is 30.5. The van der Waals surface area contributed by atoms with E-state index in [9.17, 15) is 0 Å². The molecule has 2 aromatic carbocycles. The topological polar surface area (TPSA) is 0 Å². The van der Waals surface area contributed by atoms with Gasteiger partial charge in [-0.05, 0) is 126 Å². The van der Waals surface area contributed by atoms with E-state index in [1.165, 1.54) is 78.8 Å². The van der Waals surface area contributed by atoms with Gasteiger partial charge in [0.1, 0.15) is 0 Å². The molecule has 0 atom stereocenters. The summed E-state index contributed by atoms with van der Waals surface area (Å²) in [4.78, 5) is 0. The van der Waals surface area contributed by atoms with E-state index in [1.807, 2.05) is 0 Å². The molecule has 0 bridgehead atoms. The molecule has 0 aromatic heterocycles. The van der Waals surface area contributed by atoms with Gasteiger partial charge < -0.3 is 0 Å². The van der Waals surface area contributed by atoms with Gasteiger partial charge in [-0.2, -0.15) is 0 Å². The molecule has 0 amide bonds. The van der Waals surface area contributed by atoms with Crippen molar-refractivity contribution in [3.05, 3.63) is 140 Å². The summed E-state index contributed by atoms with van der Waals surface area (Å²) in [5.74, 6) is 0. The first-order valence-corrected chi connectivity index (χ1v) is 20.7. The summed E-state index contributed by atoms with van der Waals surface area (Å²) < 4.78 is 0. The van der Waals surface area contributed by atoms with Crippen LogP contribution in [0.2, 0.25) is 10.0 Å². The summed E-state index contributed by atoms with van der Waals surface area (Å²) in [5, 5.41) is 1.68. The number of hydrogen-bond donors (Lipinski definition) is 0. The van der Waals surface area contributed by atoms with Crippen molar-refractivity contribution in [3.63, 3.8) is 0 Å². The van der Waals surface area contributed by atoms with Crippen LogP contribution in [-0.4, -0.2) is 9.52 Å². The van der Waals surface area contributed by atoms with E-state index in [2.05, 4.69) is 152 Å². The predicted octanol–water partition coefficient (Wildman–Crippen LogP) is 13.1. The summed E-state index contributed by atoms with van der Waals surface area (Å²) in [6.45, 7) is 17.9. The molecule has 0 aliphatic heterocycles. The van der Waals surface area contributed by atoms with Crippen molar-refractivity contribution in [3.8, 4) is 44.5 Å². The Morgan fingerprint density at radius 3 is 1.16 bits per heavy atom. The van der Waals surface area contributed by atoms with Crippen LogP contribution in [0, 0.1) is 0 Å². The Labute approximate surface area is 307 Å². The highest BCUT2D eigenvalue weighted by Gasteiger charge is 2.23. The molecule has 4 aliphatic carbocycles. The molecule has 0 radical (unpaired) electrons. The second-order valence-corrected chi connectivity index (χ2v) is 18.2. The molecule has 4 aliphatic rings. The Balaban J connectivity index is 1.30. The molecule has 0 fully saturated rings. The number of halogens is 2. The van der Waals surface area contributed by atoms with Gasteiger partial charge in [-0.3, -0.25) is 0 Å². The molecule has 0 saturated carbocycles. The monoisotopic (exact) mass is 700 g/mol. The third-order valence-electron chi connectivity index (χ3n) is 10.3. The molecule has 252 valence electrons. The van der Waals surface area contributed by atoms with Gasteiger partial charge in [-0.25, -0.2) is 0 Å². The average molecular weight is 702 g/mol. The van der Waals surface area contributed by atoms with Crippen molar-refractivity contribution in [2.24, 2.45) is 0 Å². The van der Waals surface area contributed by atoms with Crippen LogP contribution >= 0.6 is 23.2 Å². The Morgan fingerprint density at radius 1 is 0.469 bits per heavy atom. The van der Waals surface area contributed by atoms with Crippen LogP contribution in [0.1, 0.15) is 88.8 Å². The summed E-state index contributed by atoms with van der Waals surface area (Å²) in [5.41, 5.74) is 18.8. The average Bonchev–Trinajstić information content (AvgIpc) is 3.37. The van der Waals surface area contributed by atoms with E-state index in [-0.39, 0.29) is 10.8 Å². The molecule has 0 N–H and O–H groups in total. The maximum Gasteiger partial charge on any atom is 0.0449 e. The zero-order valence-corrected chi connectivity index (χ0v) is 33.5. The predicted molar refractivity (Wildman–Crippen MR) is 219 cm³/mol. The van der Waals surface area contributed by atoms with Gasteiger partial charge in [0, 0.05) is 19.6 Å². The largest absolute Gasteiger partial charge is 0.0840 e. The van der Waals surface area contributed by atoms with E-state index < -0.39 is 9.52 Å². The zero-order chi connectivity index (χ0) is 35.1. The fraction of sp³-hybridized carbons (Fsp3) is 0.304. The van der Waals surface area contributed by atoms with Crippen LogP contribution in [0.25, 0.3) is 44.5 Å². The fourth-order valence-electron chi connectivity index (χ4n) is 7.71. The number of aryl methyl sites for hydroxylation is 2. The quantitative estimate of drug-likeness (QED) is 0.139. The second-order valence-electron chi connectivity index (χ2n) is 15.7. The van der Waals surface area contributed by atoms with Crippen LogP contribution in [0.15, 0.2) is 97.1 Å². The third-order valence-corrected chi connectivity index (χ3v) is 12.6. The SMILES string of the molecule is CCc1cc2c(-c3ccc(C(C)(C)C)c(Cl)c3)ccccc-2c1C[SiH2]Cc1c(CC)cc2c(-c3ccc(C(C)(C)C)c(Cl)c3)ccccc1-2. The van der Waals surface area contributed by atoms with Crippen LogP contribution in [0.4, 0.5) is 0 Å². The first-order valence-electron chi connectivity index (χ1n) is 18.0. The summed E-state index contributed by atoms with van der Waals surface area (Å²) >= 11 is 13.8. The van der Waals surface area contributed by atoms with Crippen LogP contribution in [0.3, 0.4) is 0 Å². The first kappa shape index (κ1) is 35.5. The highest BCUT2D eigenvalue weighted by atomic mass is 35.5. The molecule has 6 rings (SSSR count). The van der Waals surface area contributed by atoms with Gasteiger partial charge in [0.05, 0.1) is 0 Å². The number of hydrogen-bond acceptors (Lipinski definition) is 0. The van der Waals surface area contributed by atoms with Crippen molar-refractivity contribution in [2.45, 2.75) is 91.1 Å². The van der Waals surface area contributed by atoms with Crippen LogP contribution in [0.5, 0.6) is 0 Å².